The Morgan fingerprint density at radius 3 is 2.76 bits per heavy atom. The van der Waals surface area contributed by atoms with E-state index in [1.54, 1.807) is 4.90 Å². The van der Waals surface area contributed by atoms with Gasteiger partial charge in [-0.25, -0.2) is 4.98 Å². The molecule has 1 amide bonds. The number of rotatable bonds is 4. The molecule has 0 spiro atoms. The van der Waals surface area contributed by atoms with Crippen LogP contribution >= 0.6 is 0 Å². The van der Waals surface area contributed by atoms with Gasteiger partial charge >= 0.3 is 6.61 Å². The summed E-state index contributed by atoms with van der Waals surface area (Å²) in [7, 11) is 0. The van der Waals surface area contributed by atoms with E-state index < -0.39 is 12.7 Å². The monoisotopic (exact) mass is 403 g/mol. The smallest absolute Gasteiger partial charge is 0.388 e. The largest absolute Gasteiger partial charge is 0.417 e. The van der Waals surface area contributed by atoms with Gasteiger partial charge < -0.3 is 14.7 Å². The molecule has 2 aliphatic rings. The van der Waals surface area contributed by atoms with Gasteiger partial charge in [-0.05, 0) is 30.0 Å². The SMILES string of the molecule is O=C(c1ccnc(OC(F)F)c1)N1CC[C@H](N2CCc3ccccc3C2)[C@@H](O)C1. The van der Waals surface area contributed by atoms with E-state index in [2.05, 4.69) is 26.8 Å². The van der Waals surface area contributed by atoms with Crippen LogP contribution in [0.3, 0.4) is 0 Å². The number of β-amino-alcohol motifs (C(OH)–C–C–N with tert-alkyl or cyclic N) is 1. The summed E-state index contributed by atoms with van der Waals surface area (Å²) < 4.78 is 29.0. The van der Waals surface area contributed by atoms with Gasteiger partial charge in [-0.1, -0.05) is 24.3 Å². The quantitative estimate of drug-likeness (QED) is 0.849. The van der Waals surface area contributed by atoms with E-state index in [0.29, 0.717) is 13.0 Å². The highest BCUT2D eigenvalue weighted by atomic mass is 19.3. The van der Waals surface area contributed by atoms with Gasteiger partial charge in [0.2, 0.25) is 5.88 Å². The predicted octanol–water partition coefficient (Wildman–Crippen LogP) is 2.32. The maximum Gasteiger partial charge on any atom is 0.388 e. The molecule has 4 rings (SSSR count). The Hall–Kier alpha value is -2.58. The Balaban J connectivity index is 1.40. The van der Waals surface area contributed by atoms with E-state index in [1.807, 2.05) is 12.1 Å². The fraction of sp³-hybridized carbons (Fsp3) is 0.429. The summed E-state index contributed by atoms with van der Waals surface area (Å²) in [6, 6.07) is 11.0. The lowest BCUT2D eigenvalue weighted by Crippen LogP contribution is -2.56. The number of fused-ring (bicyclic) bond motifs is 1. The van der Waals surface area contributed by atoms with Crippen molar-refractivity contribution in [3.05, 3.63) is 59.3 Å². The summed E-state index contributed by atoms with van der Waals surface area (Å²) in [4.78, 5) is 20.3. The second kappa shape index (κ2) is 8.42. The van der Waals surface area contributed by atoms with E-state index in [4.69, 9.17) is 0 Å². The third-order valence-electron chi connectivity index (χ3n) is 5.65. The molecular weight excluding hydrogens is 380 g/mol. The minimum absolute atomic E-state index is 0.0115. The summed E-state index contributed by atoms with van der Waals surface area (Å²) in [5.41, 5.74) is 2.85. The number of aromatic nitrogens is 1. The summed E-state index contributed by atoms with van der Waals surface area (Å²) in [6.07, 6.45) is 2.20. The average Bonchev–Trinajstić information content (AvgIpc) is 2.72. The molecule has 0 aliphatic carbocycles. The number of carbonyl (C=O) groups excluding carboxylic acids is 1. The lowest BCUT2D eigenvalue weighted by Gasteiger charge is -2.43. The minimum Gasteiger partial charge on any atom is -0.417 e. The lowest BCUT2D eigenvalue weighted by molar-refractivity contribution is -0.0529. The number of ether oxygens (including phenoxy) is 1. The Labute approximate surface area is 167 Å². The number of benzene rings is 1. The molecule has 1 aromatic heterocycles. The van der Waals surface area contributed by atoms with Crippen molar-refractivity contribution in [3.63, 3.8) is 0 Å². The van der Waals surface area contributed by atoms with E-state index in [9.17, 15) is 18.7 Å². The number of amides is 1. The number of likely N-dealkylation sites (tertiary alicyclic amines) is 1. The first-order chi connectivity index (χ1) is 14.0. The van der Waals surface area contributed by atoms with Gasteiger partial charge in [0, 0.05) is 50.0 Å². The van der Waals surface area contributed by atoms with Crippen LogP contribution in [0.5, 0.6) is 5.88 Å². The maximum atomic E-state index is 12.8. The number of piperidine rings is 1. The minimum atomic E-state index is -3.00. The zero-order chi connectivity index (χ0) is 20.4. The van der Waals surface area contributed by atoms with E-state index in [1.165, 1.54) is 29.5 Å². The summed E-state index contributed by atoms with van der Waals surface area (Å²) >= 11 is 0. The van der Waals surface area contributed by atoms with Gasteiger partial charge in [0.25, 0.3) is 5.91 Å². The molecule has 1 saturated heterocycles. The first kappa shape index (κ1) is 19.7. The maximum absolute atomic E-state index is 12.8. The van der Waals surface area contributed by atoms with Gasteiger partial charge in [-0.2, -0.15) is 8.78 Å². The lowest BCUT2D eigenvalue weighted by atomic mass is 9.94. The van der Waals surface area contributed by atoms with Crippen LogP contribution in [-0.4, -0.2) is 64.2 Å². The number of hydrogen-bond donors (Lipinski definition) is 1. The molecule has 0 saturated carbocycles. The number of hydrogen-bond acceptors (Lipinski definition) is 5. The summed E-state index contributed by atoms with van der Waals surface area (Å²) in [5, 5.41) is 10.7. The predicted molar refractivity (Wildman–Crippen MR) is 102 cm³/mol. The number of alkyl halides is 2. The normalized spacial score (nSPS) is 22.4. The van der Waals surface area contributed by atoms with Crippen molar-refractivity contribution in [1.82, 2.24) is 14.8 Å². The molecular formula is C21H23F2N3O3. The molecule has 154 valence electrons. The van der Waals surface area contributed by atoms with Crippen LogP contribution in [0.1, 0.15) is 27.9 Å². The Kier molecular flexibility index (Phi) is 5.73. The fourth-order valence-electron chi connectivity index (χ4n) is 4.21. The number of pyridine rings is 1. The molecule has 1 aromatic carbocycles. The van der Waals surface area contributed by atoms with Crippen molar-refractivity contribution in [2.24, 2.45) is 0 Å². The van der Waals surface area contributed by atoms with Crippen LogP contribution in [0.2, 0.25) is 0 Å². The third kappa shape index (κ3) is 4.38. The Morgan fingerprint density at radius 1 is 1.21 bits per heavy atom. The molecule has 2 aliphatic heterocycles. The molecule has 1 fully saturated rings. The highest BCUT2D eigenvalue weighted by Crippen LogP contribution is 2.26. The number of halogens is 2. The molecule has 6 nitrogen and oxygen atoms in total. The second-order valence-electron chi connectivity index (χ2n) is 7.42. The van der Waals surface area contributed by atoms with Crippen LogP contribution in [0.4, 0.5) is 8.78 Å². The van der Waals surface area contributed by atoms with Gasteiger partial charge in [-0.3, -0.25) is 9.69 Å². The van der Waals surface area contributed by atoms with E-state index in [0.717, 1.165) is 19.5 Å². The van der Waals surface area contributed by atoms with Gasteiger partial charge in [0.15, 0.2) is 0 Å². The highest BCUT2D eigenvalue weighted by molar-refractivity contribution is 5.94. The number of nitrogens with zero attached hydrogens (tertiary/aromatic N) is 3. The van der Waals surface area contributed by atoms with Gasteiger partial charge in [-0.15, -0.1) is 0 Å². The molecule has 1 N–H and O–H groups in total. The number of aliphatic hydroxyl groups is 1. The zero-order valence-electron chi connectivity index (χ0n) is 15.9. The van der Waals surface area contributed by atoms with Crippen molar-refractivity contribution in [2.45, 2.75) is 38.1 Å². The van der Waals surface area contributed by atoms with Gasteiger partial charge in [0.05, 0.1) is 6.10 Å². The molecule has 0 radical (unpaired) electrons. The van der Waals surface area contributed by atoms with Crippen LogP contribution < -0.4 is 4.74 Å². The molecule has 0 bridgehead atoms. The third-order valence-corrected chi connectivity index (χ3v) is 5.65. The zero-order valence-corrected chi connectivity index (χ0v) is 15.9. The molecule has 0 unspecified atom stereocenters. The van der Waals surface area contributed by atoms with Crippen molar-refractivity contribution in [2.75, 3.05) is 19.6 Å². The first-order valence-electron chi connectivity index (χ1n) is 9.70. The molecule has 2 aromatic rings. The van der Waals surface area contributed by atoms with Crippen molar-refractivity contribution >= 4 is 5.91 Å². The van der Waals surface area contributed by atoms with Crippen LogP contribution in [0.15, 0.2) is 42.6 Å². The second-order valence-corrected chi connectivity index (χ2v) is 7.42. The van der Waals surface area contributed by atoms with Crippen LogP contribution in [-0.2, 0) is 13.0 Å². The molecule has 8 heteroatoms. The van der Waals surface area contributed by atoms with Crippen molar-refractivity contribution in [3.8, 4) is 5.88 Å². The van der Waals surface area contributed by atoms with Crippen LogP contribution in [0, 0.1) is 0 Å². The van der Waals surface area contributed by atoms with E-state index in [-0.39, 0.29) is 29.9 Å². The average molecular weight is 403 g/mol. The Bertz CT molecular complexity index is 880. The standard InChI is InChI=1S/C21H23F2N3O3/c22-21(23)29-19-11-15(5-8-24-19)20(28)26-10-7-17(18(27)13-26)25-9-6-14-3-1-2-4-16(14)12-25/h1-5,8,11,17-18,21,27H,6-7,9-10,12-13H2/t17-,18-/m0/s1. The number of aliphatic hydroxyl groups excluding tert-OH is 1. The topological polar surface area (TPSA) is 65.9 Å². The molecule has 29 heavy (non-hydrogen) atoms. The first-order valence-corrected chi connectivity index (χ1v) is 9.70. The number of carbonyl (C=O) groups is 1. The van der Waals surface area contributed by atoms with Crippen molar-refractivity contribution in [1.29, 1.82) is 0 Å². The Morgan fingerprint density at radius 2 is 2.00 bits per heavy atom. The van der Waals surface area contributed by atoms with Crippen LogP contribution in [0.25, 0.3) is 0 Å². The molecule has 3 heterocycles. The van der Waals surface area contributed by atoms with E-state index >= 15 is 0 Å². The molecule has 2 atom stereocenters. The summed E-state index contributed by atoms with van der Waals surface area (Å²) in [5.74, 6) is -0.624. The van der Waals surface area contributed by atoms with Gasteiger partial charge in [0.1, 0.15) is 0 Å². The van der Waals surface area contributed by atoms with Crippen molar-refractivity contribution < 1.29 is 23.4 Å². The fourth-order valence-corrected chi connectivity index (χ4v) is 4.21. The highest BCUT2D eigenvalue weighted by Gasteiger charge is 2.35. The summed E-state index contributed by atoms with van der Waals surface area (Å²) in [6.45, 7) is -0.628.